The van der Waals surface area contributed by atoms with Crippen LogP contribution < -0.4 is 10.1 Å². The van der Waals surface area contributed by atoms with E-state index in [1.807, 2.05) is 7.05 Å². The van der Waals surface area contributed by atoms with Crippen LogP contribution in [0.1, 0.15) is 23.6 Å². The van der Waals surface area contributed by atoms with E-state index in [0.29, 0.717) is 5.92 Å². The summed E-state index contributed by atoms with van der Waals surface area (Å²) in [4.78, 5) is 0. The Morgan fingerprint density at radius 3 is 2.50 bits per heavy atom. The summed E-state index contributed by atoms with van der Waals surface area (Å²) in [5.41, 5.74) is 3.98. The third kappa shape index (κ3) is 3.24. The van der Waals surface area contributed by atoms with Crippen LogP contribution in [0.5, 0.6) is 5.75 Å². The summed E-state index contributed by atoms with van der Waals surface area (Å²) in [5, 5.41) is 3.22. The van der Waals surface area contributed by atoms with Crippen molar-refractivity contribution in [2.24, 2.45) is 5.92 Å². The molecule has 0 bridgehead atoms. The van der Waals surface area contributed by atoms with Crippen LogP contribution in [0.15, 0.2) is 12.1 Å². The van der Waals surface area contributed by atoms with E-state index in [-0.39, 0.29) is 0 Å². The normalized spacial score (nSPS) is 12.6. The lowest BCUT2D eigenvalue weighted by Gasteiger charge is -2.15. The Morgan fingerprint density at radius 1 is 1.25 bits per heavy atom. The number of ether oxygens (including phenoxy) is 1. The molecule has 0 amide bonds. The zero-order valence-electron chi connectivity index (χ0n) is 11.1. The average Bonchev–Trinajstić information content (AvgIpc) is 2.23. The molecule has 0 aliphatic carbocycles. The predicted octanol–water partition coefficient (Wildman–Crippen LogP) is 2.71. The van der Waals surface area contributed by atoms with E-state index in [1.165, 1.54) is 16.7 Å². The summed E-state index contributed by atoms with van der Waals surface area (Å²) in [6.45, 7) is 7.59. The zero-order valence-corrected chi connectivity index (χ0v) is 11.1. The van der Waals surface area contributed by atoms with Crippen LogP contribution in [0.2, 0.25) is 0 Å². The molecule has 1 aromatic carbocycles. The van der Waals surface area contributed by atoms with Gasteiger partial charge in [0.1, 0.15) is 5.75 Å². The van der Waals surface area contributed by atoms with Crippen LogP contribution in [0, 0.1) is 19.8 Å². The lowest BCUT2D eigenvalue weighted by Crippen LogP contribution is -2.18. The first kappa shape index (κ1) is 13.0. The highest BCUT2D eigenvalue weighted by atomic mass is 16.5. The average molecular weight is 221 g/mol. The molecule has 0 heterocycles. The fourth-order valence-corrected chi connectivity index (χ4v) is 2.09. The number of methoxy groups -OCH3 is 1. The summed E-state index contributed by atoms with van der Waals surface area (Å²) in [6, 6.07) is 4.39. The molecule has 1 N–H and O–H groups in total. The van der Waals surface area contributed by atoms with Crippen molar-refractivity contribution in [3.8, 4) is 5.75 Å². The van der Waals surface area contributed by atoms with Gasteiger partial charge in [0.2, 0.25) is 0 Å². The summed E-state index contributed by atoms with van der Waals surface area (Å²) >= 11 is 0. The van der Waals surface area contributed by atoms with Crippen LogP contribution in [-0.2, 0) is 6.42 Å². The number of rotatable bonds is 5. The summed E-state index contributed by atoms with van der Waals surface area (Å²) in [6.07, 6.45) is 1.12. The van der Waals surface area contributed by atoms with E-state index in [2.05, 4.69) is 38.2 Å². The van der Waals surface area contributed by atoms with Crippen molar-refractivity contribution in [3.05, 3.63) is 28.8 Å². The molecule has 1 aromatic rings. The summed E-state index contributed by atoms with van der Waals surface area (Å²) in [5.74, 6) is 1.65. The van der Waals surface area contributed by atoms with Crippen LogP contribution in [0.3, 0.4) is 0 Å². The maximum absolute atomic E-state index is 5.32. The van der Waals surface area contributed by atoms with Crippen molar-refractivity contribution in [1.82, 2.24) is 5.32 Å². The molecular formula is C14H23NO. The van der Waals surface area contributed by atoms with Gasteiger partial charge in [0, 0.05) is 0 Å². The van der Waals surface area contributed by atoms with Gasteiger partial charge in [-0.2, -0.15) is 0 Å². The smallest absolute Gasteiger partial charge is 0.122 e. The lowest BCUT2D eigenvalue weighted by atomic mass is 9.95. The molecule has 16 heavy (non-hydrogen) atoms. The monoisotopic (exact) mass is 221 g/mol. The Bertz CT molecular complexity index is 347. The van der Waals surface area contributed by atoms with Gasteiger partial charge in [-0.1, -0.05) is 13.0 Å². The van der Waals surface area contributed by atoms with Crippen molar-refractivity contribution in [2.45, 2.75) is 27.2 Å². The second-order valence-electron chi connectivity index (χ2n) is 4.62. The molecule has 0 saturated carbocycles. The molecule has 1 rings (SSSR count). The molecule has 0 radical (unpaired) electrons. The second-order valence-corrected chi connectivity index (χ2v) is 4.62. The minimum atomic E-state index is 0.663. The van der Waals surface area contributed by atoms with Crippen molar-refractivity contribution >= 4 is 0 Å². The van der Waals surface area contributed by atoms with E-state index >= 15 is 0 Å². The SMILES string of the molecule is CNCC(C)Cc1cc(C)c(OC)cc1C. The highest BCUT2D eigenvalue weighted by Gasteiger charge is 2.08. The summed E-state index contributed by atoms with van der Waals surface area (Å²) < 4.78 is 5.32. The number of aryl methyl sites for hydroxylation is 2. The van der Waals surface area contributed by atoms with Crippen LogP contribution >= 0.6 is 0 Å². The number of hydrogen-bond acceptors (Lipinski definition) is 2. The maximum Gasteiger partial charge on any atom is 0.122 e. The molecule has 0 saturated heterocycles. The van der Waals surface area contributed by atoms with Gasteiger partial charge in [-0.05, 0) is 62.5 Å². The molecule has 0 fully saturated rings. The largest absolute Gasteiger partial charge is 0.496 e. The third-order valence-electron chi connectivity index (χ3n) is 2.97. The first-order chi connectivity index (χ1) is 7.58. The van der Waals surface area contributed by atoms with Gasteiger partial charge in [0.05, 0.1) is 7.11 Å². The molecule has 90 valence electrons. The van der Waals surface area contributed by atoms with E-state index in [1.54, 1.807) is 7.11 Å². The lowest BCUT2D eigenvalue weighted by molar-refractivity contribution is 0.411. The standard InChI is InChI=1S/C14H23NO/c1-10(9-15-4)6-13-7-12(3)14(16-5)8-11(13)2/h7-8,10,15H,6,9H2,1-5H3. The molecule has 2 heteroatoms. The van der Waals surface area contributed by atoms with Crippen LogP contribution in [0.25, 0.3) is 0 Å². The maximum atomic E-state index is 5.32. The predicted molar refractivity (Wildman–Crippen MR) is 69.3 cm³/mol. The Labute approximate surface area is 99.0 Å². The Morgan fingerprint density at radius 2 is 1.94 bits per heavy atom. The van der Waals surface area contributed by atoms with E-state index < -0.39 is 0 Å². The molecular weight excluding hydrogens is 198 g/mol. The first-order valence-electron chi connectivity index (χ1n) is 5.87. The van der Waals surface area contributed by atoms with Gasteiger partial charge in [-0.15, -0.1) is 0 Å². The summed E-state index contributed by atoms with van der Waals surface area (Å²) in [7, 11) is 3.73. The van der Waals surface area contributed by atoms with Crippen molar-refractivity contribution in [3.63, 3.8) is 0 Å². The van der Waals surface area contributed by atoms with Gasteiger partial charge < -0.3 is 10.1 Å². The number of hydrogen-bond donors (Lipinski definition) is 1. The van der Waals surface area contributed by atoms with Crippen molar-refractivity contribution < 1.29 is 4.74 Å². The van der Waals surface area contributed by atoms with E-state index in [0.717, 1.165) is 18.7 Å². The fourth-order valence-electron chi connectivity index (χ4n) is 2.09. The molecule has 0 aliphatic rings. The van der Waals surface area contributed by atoms with Crippen molar-refractivity contribution in [2.75, 3.05) is 20.7 Å². The zero-order chi connectivity index (χ0) is 12.1. The molecule has 0 aliphatic heterocycles. The third-order valence-corrected chi connectivity index (χ3v) is 2.97. The van der Waals surface area contributed by atoms with Crippen LogP contribution in [0.4, 0.5) is 0 Å². The molecule has 0 spiro atoms. The minimum absolute atomic E-state index is 0.663. The van der Waals surface area contributed by atoms with Crippen molar-refractivity contribution in [1.29, 1.82) is 0 Å². The minimum Gasteiger partial charge on any atom is -0.496 e. The molecule has 0 aromatic heterocycles. The van der Waals surface area contributed by atoms with Crippen LogP contribution in [-0.4, -0.2) is 20.7 Å². The van der Waals surface area contributed by atoms with E-state index in [9.17, 15) is 0 Å². The first-order valence-corrected chi connectivity index (χ1v) is 5.87. The van der Waals surface area contributed by atoms with Gasteiger partial charge in [0.15, 0.2) is 0 Å². The number of benzene rings is 1. The second kappa shape index (κ2) is 5.90. The topological polar surface area (TPSA) is 21.3 Å². The Hall–Kier alpha value is -1.02. The Kier molecular flexibility index (Phi) is 4.81. The van der Waals surface area contributed by atoms with Gasteiger partial charge in [-0.3, -0.25) is 0 Å². The Balaban J connectivity index is 2.85. The van der Waals surface area contributed by atoms with Gasteiger partial charge in [-0.25, -0.2) is 0 Å². The molecule has 1 atom stereocenters. The quantitative estimate of drug-likeness (QED) is 0.825. The highest BCUT2D eigenvalue weighted by Crippen LogP contribution is 2.24. The van der Waals surface area contributed by atoms with E-state index in [4.69, 9.17) is 4.74 Å². The molecule has 2 nitrogen and oxygen atoms in total. The van der Waals surface area contributed by atoms with Gasteiger partial charge in [0.25, 0.3) is 0 Å². The van der Waals surface area contributed by atoms with Gasteiger partial charge >= 0.3 is 0 Å². The number of nitrogens with one attached hydrogen (secondary N) is 1. The molecule has 1 unspecified atom stereocenters. The fraction of sp³-hybridized carbons (Fsp3) is 0.571. The highest BCUT2D eigenvalue weighted by molar-refractivity contribution is 5.41.